The van der Waals surface area contributed by atoms with Gasteiger partial charge in [0.1, 0.15) is 6.61 Å². The number of benzene rings is 1. The Labute approximate surface area is 116 Å². The molecule has 0 aliphatic carbocycles. The summed E-state index contributed by atoms with van der Waals surface area (Å²) in [5, 5.41) is 0.213. The van der Waals surface area contributed by atoms with Crippen LogP contribution in [0.2, 0.25) is 5.02 Å². The first kappa shape index (κ1) is 13.4. The molecular formula is C14H13ClN2O2. The van der Waals surface area contributed by atoms with Crippen LogP contribution in [0, 0.1) is 6.92 Å². The molecule has 1 heterocycles. The van der Waals surface area contributed by atoms with Crippen LogP contribution in [0.15, 0.2) is 36.4 Å². The van der Waals surface area contributed by atoms with E-state index in [1.54, 1.807) is 24.3 Å². The Kier molecular flexibility index (Phi) is 4.02. The molecule has 0 atom stereocenters. The Hall–Kier alpha value is -2.07. The number of anilines is 1. The zero-order valence-electron chi connectivity index (χ0n) is 10.4. The summed E-state index contributed by atoms with van der Waals surface area (Å²) in [6.07, 6.45) is 0. The number of aryl methyl sites for hydroxylation is 1. The van der Waals surface area contributed by atoms with E-state index in [9.17, 15) is 4.79 Å². The van der Waals surface area contributed by atoms with Crippen LogP contribution in [-0.2, 0) is 11.3 Å². The molecular weight excluding hydrogens is 264 g/mol. The van der Waals surface area contributed by atoms with Gasteiger partial charge < -0.3 is 10.5 Å². The van der Waals surface area contributed by atoms with Crippen molar-refractivity contribution in [3.63, 3.8) is 0 Å². The van der Waals surface area contributed by atoms with Crippen molar-refractivity contribution in [1.29, 1.82) is 0 Å². The van der Waals surface area contributed by atoms with Crippen molar-refractivity contribution < 1.29 is 9.53 Å². The van der Waals surface area contributed by atoms with Crippen LogP contribution in [0.3, 0.4) is 0 Å². The fourth-order valence-corrected chi connectivity index (χ4v) is 1.81. The van der Waals surface area contributed by atoms with E-state index in [-0.39, 0.29) is 17.2 Å². The number of hydrogen-bond acceptors (Lipinski definition) is 4. The van der Waals surface area contributed by atoms with Crippen LogP contribution in [0.5, 0.6) is 0 Å². The molecule has 2 N–H and O–H groups in total. The van der Waals surface area contributed by atoms with Crippen LogP contribution >= 0.6 is 11.6 Å². The molecule has 0 amide bonds. The standard InChI is InChI=1S/C14H13ClN2O2/c1-9-4-2-5-10(17-9)8-19-14(18)11-6-3-7-12(16)13(11)15/h2-7H,8,16H2,1H3. The minimum Gasteiger partial charge on any atom is -0.456 e. The number of hydrogen-bond donors (Lipinski definition) is 1. The molecule has 4 nitrogen and oxygen atoms in total. The van der Waals surface area contributed by atoms with Crippen LogP contribution in [0.1, 0.15) is 21.7 Å². The average Bonchev–Trinajstić information content (AvgIpc) is 2.39. The Balaban J connectivity index is 2.08. The number of carbonyl (C=O) groups is 1. The predicted molar refractivity (Wildman–Crippen MR) is 74.0 cm³/mol. The number of nitrogen functional groups attached to an aromatic ring is 1. The van der Waals surface area contributed by atoms with E-state index in [0.717, 1.165) is 5.69 Å². The number of rotatable bonds is 3. The third-order valence-electron chi connectivity index (χ3n) is 2.55. The predicted octanol–water partition coefficient (Wildman–Crippen LogP) is 2.98. The van der Waals surface area contributed by atoms with Crippen molar-refractivity contribution in [3.8, 4) is 0 Å². The number of pyridine rings is 1. The van der Waals surface area contributed by atoms with Gasteiger partial charge in [-0.25, -0.2) is 4.79 Å². The lowest BCUT2D eigenvalue weighted by Crippen LogP contribution is -2.08. The van der Waals surface area contributed by atoms with Gasteiger partial charge in [-0.2, -0.15) is 0 Å². The van der Waals surface area contributed by atoms with Crippen LogP contribution in [0.4, 0.5) is 5.69 Å². The van der Waals surface area contributed by atoms with E-state index in [1.807, 2.05) is 19.1 Å². The zero-order valence-corrected chi connectivity index (χ0v) is 11.1. The van der Waals surface area contributed by atoms with Gasteiger partial charge in [0.2, 0.25) is 0 Å². The molecule has 0 aliphatic heterocycles. The highest BCUT2D eigenvalue weighted by Crippen LogP contribution is 2.23. The molecule has 0 saturated heterocycles. The molecule has 0 saturated carbocycles. The first-order valence-corrected chi connectivity index (χ1v) is 6.09. The fourth-order valence-electron chi connectivity index (χ4n) is 1.60. The van der Waals surface area contributed by atoms with Crippen molar-refractivity contribution in [1.82, 2.24) is 4.98 Å². The van der Waals surface area contributed by atoms with Gasteiger partial charge in [-0.05, 0) is 31.2 Å². The smallest absolute Gasteiger partial charge is 0.340 e. The largest absolute Gasteiger partial charge is 0.456 e. The second kappa shape index (κ2) is 5.71. The molecule has 1 aromatic carbocycles. The molecule has 0 unspecified atom stereocenters. The molecule has 0 bridgehead atoms. The van der Waals surface area contributed by atoms with Crippen molar-refractivity contribution in [2.75, 3.05) is 5.73 Å². The van der Waals surface area contributed by atoms with Crippen molar-refractivity contribution in [2.45, 2.75) is 13.5 Å². The van der Waals surface area contributed by atoms with Crippen LogP contribution in [-0.4, -0.2) is 11.0 Å². The molecule has 0 radical (unpaired) electrons. The monoisotopic (exact) mass is 276 g/mol. The highest BCUT2D eigenvalue weighted by molar-refractivity contribution is 6.36. The number of carbonyl (C=O) groups excluding carboxylic acids is 1. The Bertz CT molecular complexity index is 614. The van der Waals surface area contributed by atoms with E-state index in [0.29, 0.717) is 11.4 Å². The second-order valence-corrected chi connectivity index (χ2v) is 4.43. The normalized spacial score (nSPS) is 10.2. The summed E-state index contributed by atoms with van der Waals surface area (Å²) in [4.78, 5) is 16.1. The van der Waals surface area contributed by atoms with Crippen molar-refractivity contribution >= 4 is 23.3 Å². The quantitative estimate of drug-likeness (QED) is 0.691. The minimum absolute atomic E-state index is 0.103. The van der Waals surface area contributed by atoms with E-state index >= 15 is 0 Å². The highest BCUT2D eigenvalue weighted by atomic mass is 35.5. The number of aromatic nitrogens is 1. The molecule has 2 aromatic rings. The number of nitrogens with zero attached hydrogens (tertiary/aromatic N) is 1. The fraction of sp³-hybridized carbons (Fsp3) is 0.143. The Morgan fingerprint density at radius 2 is 2.05 bits per heavy atom. The van der Waals surface area contributed by atoms with E-state index in [1.165, 1.54) is 0 Å². The number of halogens is 1. The Morgan fingerprint density at radius 1 is 1.32 bits per heavy atom. The van der Waals surface area contributed by atoms with Crippen LogP contribution in [0.25, 0.3) is 0 Å². The summed E-state index contributed by atoms with van der Waals surface area (Å²) in [5.74, 6) is -0.513. The third-order valence-corrected chi connectivity index (χ3v) is 2.97. The maximum absolute atomic E-state index is 11.9. The van der Waals surface area contributed by atoms with Crippen molar-refractivity contribution in [3.05, 3.63) is 58.4 Å². The minimum atomic E-state index is -0.513. The van der Waals surface area contributed by atoms with E-state index in [2.05, 4.69) is 4.98 Å². The summed E-state index contributed by atoms with van der Waals surface area (Å²) in [7, 11) is 0. The lowest BCUT2D eigenvalue weighted by atomic mass is 10.2. The molecule has 2 rings (SSSR count). The van der Waals surface area contributed by atoms with Gasteiger partial charge in [-0.15, -0.1) is 0 Å². The van der Waals surface area contributed by atoms with Gasteiger partial charge in [0.25, 0.3) is 0 Å². The van der Waals surface area contributed by atoms with Gasteiger partial charge in [0.05, 0.1) is 22.0 Å². The summed E-state index contributed by atoms with van der Waals surface area (Å²) in [5.41, 5.74) is 7.80. The summed E-state index contributed by atoms with van der Waals surface area (Å²) >= 11 is 5.95. The maximum Gasteiger partial charge on any atom is 0.340 e. The number of esters is 1. The molecule has 98 valence electrons. The highest BCUT2D eigenvalue weighted by Gasteiger charge is 2.13. The lowest BCUT2D eigenvalue weighted by molar-refractivity contribution is 0.0468. The van der Waals surface area contributed by atoms with Crippen LogP contribution < -0.4 is 5.73 Å². The first-order chi connectivity index (χ1) is 9.08. The zero-order chi connectivity index (χ0) is 13.8. The molecule has 5 heteroatoms. The molecule has 0 fully saturated rings. The average molecular weight is 277 g/mol. The summed E-state index contributed by atoms with van der Waals surface area (Å²) in [6.45, 7) is 1.98. The van der Waals surface area contributed by atoms with Gasteiger partial charge in [0, 0.05) is 5.69 Å². The number of nitrogens with two attached hydrogens (primary N) is 1. The SMILES string of the molecule is Cc1cccc(COC(=O)c2cccc(N)c2Cl)n1. The van der Waals surface area contributed by atoms with Gasteiger partial charge in [0.15, 0.2) is 0 Å². The van der Waals surface area contributed by atoms with Crippen molar-refractivity contribution in [2.24, 2.45) is 0 Å². The third kappa shape index (κ3) is 3.23. The maximum atomic E-state index is 11.9. The molecule has 1 aromatic heterocycles. The number of ether oxygens (including phenoxy) is 1. The summed E-state index contributed by atoms with van der Waals surface area (Å²) < 4.78 is 5.16. The lowest BCUT2D eigenvalue weighted by Gasteiger charge is -2.07. The topological polar surface area (TPSA) is 65.2 Å². The Morgan fingerprint density at radius 3 is 2.79 bits per heavy atom. The molecule has 0 aliphatic rings. The molecule has 0 spiro atoms. The summed E-state index contributed by atoms with van der Waals surface area (Å²) in [6, 6.07) is 10.4. The van der Waals surface area contributed by atoms with E-state index < -0.39 is 5.97 Å². The van der Waals surface area contributed by atoms with Gasteiger partial charge >= 0.3 is 5.97 Å². The van der Waals surface area contributed by atoms with E-state index in [4.69, 9.17) is 22.1 Å². The van der Waals surface area contributed by atoms with Gasteiger partial charge in [-0.3, -0.25) is 4.98 Å². The van der Waals surface area contributed by atoms with Gasteiger partial charge in [-0.1, -0.05) is 23.7 Å². The second-order valence-electron chi connectivity index (χ2n) is 4.06. The molecule has 19 heavy (non-hydrogen) atoms. The first-order valence-electron chi connectivity index (χ1n) is 5.71.